The Hall–Kier alpha value is -2.70. The number of nitrogens with one attached hydrogen (secondary N) is 1. The van der Waals surface area contributed by atoms with Gasteiger partial charge in [-0.15, -0.1) is 0 Å². The smallest absolute Gasteiger partial charge is 0.335 e. The first-order valence-electron chi connectivity index (χ1n) is 6.92. The molecule has 7 nitrogen and oxygen atoms in total. The average molecular weight is 303 g/mol. The van der Waals surface area contributed by atoms with Crippen LogP contribution in [0, 0.1) is 6.92 Å². The van der Waals surface area contributed by atoms with Gasteiger partial charge in [0.05, 0.1) is 5.56 Å². The van der Waals surface area contributed by atoms with E-state index < -0.39 is 5.97 Å². The lowest BCUT2D eigenvalue weighted by Gasteiger charge is -2.05. The molecule has 0 saturated carbocycles. The monoisotopic (exact) mass is 303 g/mol. The molecule has 0 fully saturated rings. The Morgan fingerprint density at radius 3 is 2.55 bits per heavy atom. The Morgan fingerprint density at radius 2 is 1.95 bits per heavy atom. The van der Waals surface area contributed by atoms with Crippen molar-refractivity contribution in [3.05, 3.63) is 47.1 Å². The van der Waals surface area contributed by atoms with Gasteiger partial charge in [-0.2, -0.15) is 4.98 Å². The first kappa shape index (κ1) is 15.7. The van der Waals surface area contributed by atoms with E-state index in [2.05, 4.69) is 15.5 Å². The number of carboxylic acid groups (broad SMARTS) is 1. The van der Waals surface area contributed by atoms with E-state index in [1.54, 1.807) is 31.2 Å². The average Bonchev–Trinajstić information content (AvgIpc) is 2.91. The van der Waals surface area contributed by atoms with Crippen LogP contribution >= 0.6 is 0 Å². The minimum absolute atomic E-state index is 0.0852. The summed E-state index contributed by atoms with van der Waals surface area (Å²) in [5, 5.41) is 15.3. The van der Waals surface area contributed by atoms with Crippen molar-refractivity contribution >= 4 is 11.9 Å². The molecule has 0 saturated heterocycles. The number of benzene rings is 1. The van der Waals surface area contributed by atoms with Crippen molar-refractivity contribution in [2.75, 3.05) is 6.54 Å². The Balaban J connectivity index is 1.69. The van der Waals surface area contributed by atoms with Crippen LogP contribution in [0.2, 0.25) is 0 Å². The summed E-state index contributed by atoms with van der Waals surface area (Å²) in [5.41, 5.74) is 1.22. The molecular formula is C15H17N3O4. The Kier molecular flexibility index (Phi) is 5.24. The fourth-order valence-electron chi connectivity index (χ4n) is 1.91. The van der Waals surface area contributed by atoms with Crippen molar-refractivity contribution in [3.8, 4) is 0 Å². The van der Waals surface area contributed by atoms with Crippen molar-refractivity contribution in [2.45, 2.75) is 26.2 Å². The molecule has 7 heteroatoms. The summed E-state index contributed by atoms with van der Waals surface area (Å²) in [4.78, 5) is 26.4. The lowest BCUT2D eigenvalue weighted by atomic mass is 10.1. The van der Waals surface area contributed by atoms with Crippen LogP contribution in [0.4, 0.5) is 0 Å². The zero-order chi connectivity index (χ0) is 15.9. The summed E-state index contributed by atoms with van der Waals surface area (Å²) in [6, 6.07) is 6.60. The number of aromatic nitrogens is 2. The van der Waals surface area contributed by atoms with E-state index in [0.717, 1.165) is 5.56 Å². The predicted octanol–water partition coefficient (Wildman–Crippen LogP) is 1.37. The third kappa shape index (κ3) is 4.69. The molecule has 0 spiro atoms. The number of carboxylic acids is 1. The van der Waals surface area contributed by atoms with E-state index in [-0.39, 0.29) is 11.5 Å². The lowest BCUT2D eigenvalue weighted by Crippen LogP contribution is -2.25. The zero-order valence-electron chi connectivity index (χ0n) is 12.2. The first-order chi connectivity index (χ1) is 10.5. The molecule has 2 aromatic rings. The Morgan fingerprint density at radius 1 is 1.23 bits per heavy atom. The minimum Gasteiger partial charge on any atom is -0.478 e. The summed E-state index contributed by atoms with van der Waals surface area (Å²) in [6.07, 6.45) is 1.35. The third-order valence-corrected chi connectivity index (χ3v) is 3.07. The SMILES string of the molecule is Cc1noc(CCC(=O)NCCc2ccc(C(=O)O)cc2)n1. The zero-order valence-corrected chi connectivity index (χ0v) is 12.2. The standard InChI is InChI=1S/C15H17N3O4/c1-10-17-14(22-18-10)7-6-13(19)16-9-8-11-2-4-12(5-3-11)15(20)21/h2-5H,6-9H2,1H3,(H,16,19)(H,20,21). The second-order valence-corrected chi connectivity index (χ2v) is 4.84. The van der Waals surface area contributed by atoms with Gasteiger partial charge in [0.25, 0.3) is 0 Å². The van der Waals surface area contributed by atoms with Crippen LogP contribution in [0.15, 0.2) is 28.8 Å². The number of hydrogen-bond donors (Lipinski definition) is 2. The van der Waals surface area contributed by atoms with E-state index >= 15 is 0 Å². The topological polar surface area (TPSA) is 105 Å². The molecule has 2 rings (SSSR count). The van der Waals surface area contributed by atoms with E-state index in [1.807, 2.05) is 0 Å². The highest BCUT2D eigenvalue weighted by atomic mass is 16.5. The maximum Gasteiger partial charge on any atom is 0.335 e. The lowest BCUT2D eigenvalue weighted by molar-refractivity contribution is -0.121. The van der Waals surface area contributed by atoms with Gasteiger partial charge in [0.15, 0.2) is 5.82 Å². The quantitative estimate of drug-likeness (QED) is 0.800. The second kappa shape index (κ2) is 7.35. The van der Waals surface area contributed by atoms with Gasteiger partial charge in [-0.1, -0.05) is 17.3 Å². The van der Waals surface area contributed by atoms with Crippen molar-refractivity contribution in [1.82, 2.24) is 15.5 Å². The molecule has 0 aliphatic rings. The number of aromatic carboxylic acids is 1. The van der Waals surface area contributed by atoms with E-state index in [0.29, 0.717) is 37.5 Å². The number of carbonyl (C=O) groups excluding carboxylic acids is 1. The number of rotatable bonds is 7. The molecule has 1 amide bonds. The van der Waals surface area contributed by atoms with E-state index in [4.69, 9.17) is 9.63 Å². The van der Waals surface area contributed by atoms with Crippen molar-refractivity contribution in [1.29, 1.82) is 0 Å². The van der Waals surface area contributed by atoms with Crippen LogP contribution in [0.1, 0.15) is 34.1 Å². The minimum atomic E-state index is -0.948. The van der Waals surface area contributed by atoms with Crippen LogP contribution in [0.3, 0.4) is 0 Å². The molecular weight excluding hydrogens is 286 g/mol. The van der Waals surface area contributed by atoms with Crippen LogP contribution in [0.5, 0.6) is 0 Å². The highest BCUT2D eigenvalue weighted by Gasteiger charge is 2.07. The normalized spacial score (nSPS) is 10.4. The van der Waals surface area contributed by atoms with Crippen LogP contribution in [-0.4, -0.2) is 33.7 Å². The third-order valence-electron chi connectivity index (χ3n) is 3.07. The summed E-state index contributed by atoms with van der Waals surface area (Å²) in [5.74, 6) is -0.0220. The highest BCUT2D eigenvalue weighted by molar-refractivity contribution is 5.87. The molecule has 1 aromatic carbocycles. The molecule has 1 heterocycles. The van der Waals surface area contributed by atoms with Gasteiger partial charge in [0.2, 0.25) is 11.8 Å². The fourth-order valence-corrected chi connectivity index (χ4v) is 1.91. The van der Waals surface area contributed by atoms with Crippen LogP contribution in [-0.2, 0) is 17.6 Å². The molecule has 0 aliphatic heterocycles. The van der Waals surface area contributed by atoms with Crippen LogP contribution < -0.4 is 5.32 Å². The first-order valence-corrected chi connectivity index (χ1v) is 6.92. The molecule has 116 valence electrons. The van der Waals surface area contributed by atoms with Crippen molar-refractivity contribution in [2.24, 2.45) is 0 Å². The number of carbonyl (C=O) groups is 2. The predicted molar refractivity (Wildman–Crippen MR) is 77.5 cm³/mol. The molecule has 0 aliphatic carbocycles. The van der Waals surface area contributed by atoms with E-state index in [9.17, 15) is 9.59 Å². The maximum atomic E-state index is 11.7. The van der Waals surface area contributed by atoms with Gasteiger partial charge < -0.3 is 14.9 Å². The molecule has 0 atom stereocenters. The van der Waals surface area contributed by atoms with Gasteiger partial charge in [-0.05, 0) is 31.0 Å². The highest BCUT2D eigenvalue weighted by Crippen LogP contribution is 2.05. The number of amides is 1. The number of nitrogens with zero attached hydrogens (tertiary/aromatic N) is 2. The Bertz CT molecular complexity index is 649. The number of aryl methyl sites for hydroxylation is 2. The van der Waals surface area contributed by atoms with Crippen molar-refractivity contribution in [3.63, 3.8) is 0 Å². The van der Waals surface area contributed by atoms with Crippen LogP contribution in [0.25, 0.3) is 0 Å². The molecule has 0 bridgehead atoms. The van der Waals surface area contributed by atoms with Gasteiger partial charge >= 0.3 is 5.97 Å². The van der Waals surface area contributed by atoms with Gasteiger partial charge in [0, 0.05) is 19.4 Å². The van der Waals surface area contributed by atoms with Gasteiger partial charge in [-0.25, -0.2) is 4.79 Å². The number of hydrogen-bond acceptors (Lipinski definition) is 5. The molecule has 0 radical (unpaired) electrons. The Labute approximate surface area is 127 Å². The summed E-state index contributed by atoms with van der Waals surface area (Å²) < 4.78 is 4.93. The maximum absolute atomic E-state index is 11.7. The molecule has 2 N–H and O–H groups in total. The second-order valence-electron chi connectivity index (χ2n) is 4.84. The molecule has 1 aromatic heterocycles. The van der Waals surface area contributed by atoms with E-state index in [1.165, 1.54) is 0 Å². The van der Waals surface area contributed by atoms with Gasteiger partial charge in [0.1, 0.15) is 0 Å². The largest absolute Gasteiger partial charge is 0.478 e. The fraction of sp³-hybridized carbons (Fsp3) is 0.333. The van der Waals surface area contributed by atoms with Crippen molar-refractivity contribution < 1.29 is 19.2 Å². The molecule has 0 unspecified atom stereocenters. The molecule has 22 heavy (non-hydrogen) atoms. The van der Waals surface area contributed by atoms with Gasteiger partial charge in [-0.3, -0.25) is 4.79 Å². The summed E-state index contributed by atoms with van der Waals surface area (Å²) in [6.45, 7) is 2.22. The summed E-state index contributed by atoms with van der Waals surface area (Å²) >= 11 is 0. The summed E-state index contributed by atoms with van der Waals surface area (Å²) in [7, 11) is 0.